The van der Waals surface area contributed by atoms with Crippen LogP contribution in [0.2, 0.25) is 0 Å². The fourth-order valence-electron chi connectivity index (χ4n) is 3.66. The van der Waals surface area contributed by atoms with Crippen LogP contribution >= 0.6 is 0 Å². The van der Waals surface area contributed by atoms with E-state index in [-0.39, 0.29) is 18.1 Å². The molecule has 0 radical (unpaired) electrons. The van der Waals surface area contributed by atoms with E-state index in [1.165, 1.54) is 6.20 Å². The fourth-order valence-corrected chi connectivity index (χ4v) is 3.66. The van der Waals surface area contributed by atoms with E-state index in [0.29, 0.717) is 37.1 Å². The minimum absolute atomic E-state index is 0.0902. The molecule has 0 aromatic carbocycles. The van der Waals surface area contributed by atoms with E-state index < -0.39 is 5.41 Å². The maximum Gasteiger partial charge on any atom is 0.243 e. The highest BCUT2D eigenvalue weighted by Crippen LogP contribution is 2.49. The molecule has 110 valence electrons. The molecule has 2 fully saturated rings. The number of fused-ring (bicyclic) bond motifs is 4. The van der Waals surface area contributed by atoms with E-state index >= 15 is 0 Å². The first kappa shape index (κ1) is 13.1. The predicted octanol–water partition coefficient (Wildman–Crippen LogP) is 1.68. The van der Waals surface area contributed by atoms with Gasteiger partial charge >= 0.3 is 0 Å². The molecule has 1 amide bonds. The molecule has 2 bridgehead atoms. The molecule has 0 N–H and O–H groups in total. The van der Waals surface area contributed by atoms with Gasteiger partial charge in [-0.1, -0.05) is 0 Å². The van der Waals surface area contributed by atoms with Crippen molar-refractivity contribution >= 4 is 5.91 Å². The molecule has 0 spiro atoms. The van der Waals surface area contributed by atoms with Crippen molar-refractivity contribution in [3.8, 4) is 17.9 Å². The second-order valence-corrected chi connectivity index (χ2v) is 6.21. The number of nitrogens with zero attached hydrogens (tertiary/aromatic N) is 4. The van der Waals surface area contributed by atoms with E-state index in [2.05, 4.69) is 17.1 Å². The van der Waals surface area contributed by atoms with Gasteiger partial charge in [0.2, 0.25) is 5.91 Å². The summed E-state index contributed by atoms with van der Waals surface area (Å²) in [5, 5.41) is 18.6. The first-order chi connectivity index (χ1) is 10.7. The standard InChI is InChI=1S/C16H14N4O2/c17-5-10-6-19-7-12-13-4-11(22-14(10)12)8-20(13)15(21)16(9-18)2-1-3-16/h6-7,11,13H,1-4,8H2/t11-,13-/m0/s1. The van der Waals surface area contributed by atoms with Crippen LogP contribution in [0.3, 0.4) is 0 Å². The molecule has 1 aliphatic carbocycles. The zero-order valence-electron chi connectivity index (χ0n) is 12.0. The molecule has 1 saturated carbocycles. The second-order valence-electron chi connectivity index (χ2n) is 6.21. The maximum atomic E-state index is 12.8. The monoisotopic (exact) mass is 294 g/mol. The molecule has 1 aromatic heterocycles. The van der Waals surface area contributed by atoms with Crippen molar-refractivity contribution in [3.63, 3.8) is 0 Å². The fraction of sp³-hybridized carbons (Fsp3) is 0.500. The Kier molecular flexibility index (Phi) is 2.65. The summed E-state index contributed by atoms with van der Waals surface area (Å²) >= 11 is 0. The van der Waals surface area contributed by atoms with Crippen molar-refractivity contribution in [2.24, 2.45) is 5.41 Å². The van der Waals surface area contributed by atoms with E-state index in [1.807, 2.05) is 0 Å². The minimum Gasteiger partial charge on any atom is -0.487 e. The Bertz CT molecular complexity index is 741. The third-order valence-corrected chi connectivity index (χ3v) is 5.04. The molecule has 0 unspecified atom stereocenters. The average Bonchev–Trinajstić information content (AvgIpc) is 2.84. The van der Waals surface area contributed by atoms with Gasteiger partial charge in [0.05, 0.1) is 18.7 Å². The Morgan fingerprint density at radius 2 is 2.23 bits per heavy atom. The lowest BCUT2D eigenvalue weighted by molar-refractivity contribution is -0.144. The number of carbonyl (C=O) groups excluding carboxylic acids is 1. The topological polar surface area (TPSA) is 90.0 Å². The van der Waals surface area contributed by atoms with Crippen molar-refractivity contribution < 1.29 is 9.53 Å². The van der Waals surface area contributed by atoms with Crippen molar-refractivity contribution in [1.82, 2.24) is 9.88 Å². The van der Waals surface area contributed by atoms with Crippen LogP contribution in [0.25, 0.3) is 0 Å². The number of likely N-dealkylation sites (tertiary alicyclic amines) is 1. The van der Waals surface area contributed by atoms with Crippen molar-refractivity contribution in [2.75, 3.05) is 6.54 Å². The number of ether oxygens (including phenoxy) is 1. The lowest BCUT2D eigenvalue weighted by atomic mass is 9.69. The third-order valence-electron chi connectivity index (χ3n) is 5.04. The molecule has 3 aliphatic rings. The Labute approximate surface area is 127 Å². The first-order valence-corrected chi connectivity index (χ1v) is 7.45. The first-order valence-electron chi connectivity index (χ1n) is 7.45. The molecule has 2 atom stereocenters. The van der Waals surface area contributed by atoms with Crippen LogP contribution < -0.4 is 4.74 Å². The van der Waals surface area contributed by atoms with Gasteiger partial charge in [0.15, 0.2) is 0 Å². The molecule has 3 heterocycles. The molecule has 2 aliphatic heterocycles. The van der Waals surface area contributed by atoms with Gasteiger partial charge in [-0.2, -0.15) is 10.5 Å². The van der Waals surface area contributed by atoms with Gasteiger partial charge in [-0.3, -0.25) is 9.78 Å². The highest BCUT2D eigenvalue weighted by molar-refractivity contribution is 5.87. The van der Waals surface area contributed by atoms with E-state index in [1.54, 1.807) is 11.1 Å². The highest BCUT2D eigenvalue weighted by Gasteiger charge is 2.52. The largest absolute Gasteiger partial charge is 0.487 e. The molecule has 6 nitrogen and oxygen atoms in total. The number of amides is 1. The molecular weight excluding hydrogens is 280 g/mol. The Morgan fingerprint density at radius 1 is 1.41 bits per heavy atom. The summed E-state index contributed by atoms with van der Waals surface area (Å²) in [7, 11) is 0. The van der Waals surface area contributed by atoms with Crippen LogP contribution in [0.4, 0.5) is 0 Å². The van der Waals surface area contributed by atoms with Crippen LogP contribution in [0.15, 0.2) is 12.4 Å². The lowest BCUT2D eigenvalue weighted by Crippen LogP contribution is -2.47. The van der Waals surface area contributed by atoms with Gasteiger partial charge in [-0.05, 0) is 19.3 Å². The summed E-state index contributed by atoms with van der Waals surface area (Å²) in [5.41, 5.74) is 0.339. The predicted molar refractivity (Wildman–Crippen MR) is 74.3 cm³/mol. The van der Waals surface area contributed by atoms with E-state index in [9.17, 15) is 15.3 Å². The Hall–Kier alpha value is -2.60. The van der Waals surface area contributed by atoms with Crippen molar-refractivity contribution in [2.45, 2.75) is 37.8 Å². The number of aromatic nitrogens is 1. The molecule has 4 rings (SSSR count). The van der Waals surface area contributed by atoms with Gasteiger partial charge in [0.25, 0.3) is 0 Å². The summed E-state index contributed by atoms with van der Waals surface area (Å²) in [6.07, 6.45) is 5.96. The van der Waals surface area contributed by atoms with Crippen molar-refractivity contribution in [1.29, 1.82) is 10.5 Å². The summed E-state index contributed by atoms with van der Waals surface area (Å²) in [4.78, 5) is 18.7. The number of carbonyl (C=O) groups is 1. The summed E-state index contributed by atoms with van der Waals surface area (Å²) in [6, 6.07) is 4.17. The SMILES string of the molecule is N#Cc1cncc2c1O[C@H]1C[C@@H]2N(C(=O)C2(C#N)CCC2)C1. The summed E-state index contributed by atoms with van der Waals surface area (Å²) < 4.78 is 5.88. The highest BCUT2D eigenvalue weighted by atomic mass is 16.5. The van der Waals surface area contributed by atoms with Crippen LogP contribution in [-0.2, 0) is 4.79 Å². The number of rotatable bonds is 1. The second kappa shape index (κ2) is 4.45. The average molecular weight is 294 g/mol. The van der Waals surface area contributed by atoms with Crippen LogP contribution in [0.1, 0.15) is 42.9 Å². The van der Waals surface area contributed by atoms with E-state index in [0.717, 1.165) is 12.0 Å². The summed E-state index contributed by atoms with van der Waals surface area (Å²) in [6.45, 7) is 0.479. The lowest BCUT2D eigenvalue weighted by Gasteiger charge is -2.38. The number of nitriles is 2. The van der Waals surface area contributed by atoms with Gasteiger partial charge in [-0.25, -0.2) is 0 Å². The third kappa shape index (κ3) is 1.58. The van der Waals surface area contributed by atoms with Gasteiger partial charge in [0.1, 0.15) is 28.9 Å². The van der Waals surface area contributed by atoms with Crippen LogP contribution in [0.5, 0.6) is 5.75 Å². The Balaban J connectivity index is 1.72. The molecule has 6 heteroatoms. The van der Waals surface area contributed by atoms with Crippen molar-refractivity contribution in [3.05, 3.63) is 23.5 Å². The van der Waals surface area contributed by atoms with Crippen LogP contribution in [0, 0.1) is 28.1 Å². The maximum absolute atomic E-state index is 12.8. The zero-order chi connectivity index (χ0) is 15.3. The normalized spacial score (nSPS) is 26.9. The minimum atomic E-state index is -0.849. The number of hydrogen-bond donors (Lipinski definition) is 0. The Morgan fingerprint density at radius 3 is 2.86 bits per heavy atom. The number of pyridine rings is 1. The molecule has 1 aromatic rings. The zero-order valence-corrected chi connectivity index (χ0v) is 12.0. The quantitative estimate of drug-likeness (QED) is 0.786. The van der Waals surface area contributed by atoms with Gasteiger partial charge in [0, 0.05) is 24.4 Å². The van der Waals surface area contributed by atoms with Crippen LogP contribution in [-0.4, -0.2) is 28.4 Å². The molecular formula is C16H14N4O2. The molecule has 1 saturated heterocycles. The van der Waals surface area contributed by atoms with E-state index in [4.69, 9.17) is 4.74 Å². The van der Waals surface area contributed by atoms with Gasteiger partial charge in [-0.15, -0.1) is 0 Å². The number of hydrogen-bond acceptors (Lipinski definition) is 5. The van der Waals surface area contributed by atoms with Gasteiger partial charge < -0.3 is 9.64 Å². The molecule has 22 heavy (non-hydrogen) atoms. The summed E-state index contributed by atoms with van der Waals surface area (Å²) in [5.74, 6) is 0.459. The smallest absolute Gasteiger partial charge is 0.243 e.